The molecular weight excluding hydrogens is 657 g/mol. The fourth-order valence-electron chi connectivity index (χ4n) is 3.83. The number of hydrogen-bond donors (Lipinski definition) is 2. The number of aryl methyl sites for hydroxylation is 1. The second kappa shape index (κ2) is 11.0. The summed E-state index contributed by atoms with van der Waals surface area (Å²) in [4.78, 5) is 31.2. The van der Waals surface area contributed by atoms with Crippen LogP contribution in [0.25, 0.3) is 5.82 Å². The van der Waals surface area contributed by atoms with Crippen LogP contribution >= 0.6 is 27.5 Å². The number of tetrazole rings is 1. The Morgan fingerprint density at radius 3 is 2.52 bits per heavy atom. The van der Waals surface area contributed by atoms with Crippen molar-refractivity contribution in [1.29, 1.82) is 0 Å². The van der Waals surface area contributed by atoms with Crippen LogP contribution in [0.3, 0.4) is 0 Å². The van der Waals surface area contributed by atoms with E-state index in [1.54, 1.807) is 19.1 Å². The second-order valence-electron chi connectivity index (χ2n) is 9.30. The van der Waals surface area contributed by atoms with E-state index in [9.17, 15) is 31.5 Å². The van der Waals surface area contributed by atoms with Crippen LogP contribution in [0, 0.1) is 6.92 Å². The molecule has 2 amide bonds. The second-order valence-corrected chi connectivity index (χ2v) is 10.6. The molecule has 1 saturated carbocycles. The number of amides is 2. The van der Waals surface area contributed by atoms with E-state index >= 15 is 0 Å². The normalized spacial score (nSPS) is 13.7. The highest BCUT2D eigenvalue weighted by molar-refractivity contribution is 9.10. The molecule has 0 spiro atoms. The summed E-state index contributed by atoms with van der Waals surface area (Å²) in [7, 11) is 0. The van der Waals surface area contributed by atoms with Crippen molar-refractivity contribution in [3.8, 4) is 5.82 Å². The van der Waals surface area contributed by atoms with E-state index in [1.807, 2.05) is 0 Å². The molecule has 0 unspecified atom stereocenters. The van der Waals surface area contributed by atoms with Gasteiger partial charge in [0.2, 0.25) is 0 Å². The fourth-order valence-corrected chi connectivity index (χ4v) is 4.60. The van der Waals surface area contributed by atoms with Gasteiger partial charge in [-0.25, -0.2) is 9.67 Å². The summed E-state index contributed by atoms with van der Waals surface area (Å²) >= 11 is 9.64. The van der Waals surface area contributed by atoms with Crippen LogP contribution in [0.5, 0.6) is 0 Å². The van der Waals surface area contributed by atoms with Gasteiger partial charge < -0.3 is 10.6 Å². The summed E-state index contributed by atoms with van der Waals surface area (Å²) in [6, 6.07) is 7.56. The molecule has 18 heteroatoms. The van der Waals surface area contributed by atoms with Gasteiger partial charge in [0.25, 0.3) is 17.6 Å². The molecule has 0 bridgehead atoms. The Hall–Kier alpha value is -3.99. The van der Waals surface area contributed by atoms with Crippen molar-refractivity contribution in [3.05, 3.63) is 74.4 Å². The third-order valence-corrected chi connectivity index (χ3v) is 6.77. The zero-order valence-electron chi connectivity index (χ0n) is 21.3. The average Bonchev–Trinajstić information content (AvgIpc) is 3.42. The Kier molecular flexibility index (Phi) is 7.74. The van der Waals surface area contributed by atoms with E-state index < -0.39 is 30.4 Å². The van der Waals surface area contributed by atoms with E-state index in [-0.39, 0.29) is 45.4 Å². The lowest BCUT2D eigenvalue weighted by Gasteiger charge is -2.15. The first-order valence-corrected chi connectivity index (χ1v) is 13.3. The Morgan fingerprint density at radius 1 is 1.12 bits per heavy atom. The molecule has 4 aromatic rings. The van der Waals surface area contributed by atoms with Gasteiger partial charge in [0.05, 0.1) is 22.0 Å². The summed E-state index contributed by atoms with van der Waals surface area (Å²) in [5, 5.41) is 19.2. The van der Waals surface area contributed by atoms with Crippen molar-refractivity contribution >= 4 is 45.0 Å². The van der Waals surface area contributed by atoms with E-state index in [0.29, 0.717) is 14.8 Å². The summed E-state index contributed by atoms with van der Waals surface area (Å²) in [6.07, 6.45) is -2.84. The molecule has 5 rings (SSSR count). The lowest BCUT2D eigenvalue weighted by atomic mass is 10.1. The number of halogens is 7. The van der Waals surface area contributed by atoms with E-state index in [2.05, 4.69) is 52.1 Å². The Balaban J connectivity index is 1.50. The van der Waals surface area contributed by atoms with Gasteiger partial charge in [-0.05, 0) is 60.9 Å². The fraction of sp³-hybridized carbons (Fsp3) is 0.292. The molecule has 1 aliphatic rings. The molecule has 3 aromatic heterocycles. The van der Waals surface area contributed by atoms with E-state index in [0.717, 1.165) is 17.5 Å². The summed E-state index contributed by atoms with van der Waals surface area (Å²) in [5.41, 5.74) is 0.808. The minimum absolute atomic E-state index is 0.0191. The van der Waals surface area contributed by atoms with Crippen LogP contribution in [0.1, 0.15) is 50.8 Å². The molecule has 0 atom stereocenters. The van der Waals surface area contributed by atoms with Crippen molar-refractivity contribution in [3.63, 3.8) is 0 Å². The summed E-state index contributed by atoms with van der Waals surface area (Å²) in [5.74, 6) is -8.29. The number of carbonyl (C=O) groups excluding carboxylic acids is 2. The number of rotatable bonds is 8. The highest BCUT2D eigenvalue weighted by Gasteiger charge is 2.62. The van der Waals surface area contributed by atoms with Gasteiger partial charge in [-0.15, -0.1) is 10.2 Å². The van der Waals surface area contributed by atoms with Gasteiger partial charge >= 0.3 is 12.1 Å². The topological polar surface area (TPSA) is 133 Å². The number of pyridine rings is 1. The van der Waals surface area contributed by atoms with Crippen LogP contribution in [-0.2, 0) is 12.5 Å². The number of nitrogens with zero attached hydrogens (tertiary/aromatic N) is 7. The number of nitrogens with one attached hydrogen (secondary N) is 2. The summed E-state index contributed by atoms with van der Waals surface area (Å²) in [6.45, 7) is 1.16. The maximum atomic E-state index is 13.7. The van der Waals surface area contributed by atoms with Gasteiger partial charge in [-0.1, -0.05) is 27.5 Å². The molecule has 0 saturated heterocycles. The molecule has 1 fully saturated rings. The number of aromatic nitrogens is 7. The van der Waals surface area contributed by atoms with Crippen LogP contribution in [0.4, 0.5) is 27.6 Å². The van der Waals surface area contributed by atoms with Crippen molar-refractivity contribution in [2.24, 2.45) is 0 Å². The first-order valence-electron chi connectivity index (χ1n) is 12.1. The molecule has 0 radical (unpaired) electrons. The minimum atomic E-state index is -5.93. The third kappa shape index (κ3) is 5.97. The van der Waals surface area contributed by atoms with Gasteiger partial charge in [-0.2, -0.15) is 31.8 Å². The first-order chi connectivity index (χ1) is 19.7. The van der Waals surface area contributed by atoms with E-state index in [1.165, 1.54) is 24.4 Å². The standard InChI is InChI=1S/C24H18BrClF5N9O2/c1-11-7-12(25)8-15(20(41)33-13-4-5-13)18(11)34-21(42)17-9-14(36-40(17)19-16(26)3-2-6-32-19)10-39-37-22(35-38-39)23(27,28)24(29,30)31/h2-3,6-9,13H,4-5,10H2,1H3,(H,33,41)(H,34,42). The third-order valence-electron chi connectivity index (χ3n) is 6.02. The predicted molar refractivity (Wildman–Crippen MR) is 141 cm³/mol. The molecule has 2 N–H and O–H groups in total. The highest BCUT2D eigenvalue weighted by atomic mass is 79.9. The van der Waals surface area contributed by atoms with Gasteiger partial charge in [0.15, 0.2) is 5.82 Å². The predicted octanol–water partition coefficient (Wildman–Crippen LogP) is 4.83. The van der Waals surface area contributed by atoms with Crippen LogP contribution in [0.2, 0.25) is 5.02 Å². The Bertz CT molecular complexity index is 1690. The minimum Gasteiger partial charge on any atom is -0.349 e. The molecule has 220 valence electrons. The van der Waals surface area contributed by atoms with Crippen molar-refractivity contribution in [2.75, 3.05) is 5.32 Å². The van der Waals surface area contributed by atoms with Crippen molar-refractivity contribution < 1.29 is 31.5 Å². The molecule has 1 aliphatic carbocycles. The van der Waals surface area contributed by atoms with Crippen molar-refractivity contribution in [2.45, 2.75) is 44.5 Å². The quantitative estimate of drug-likeness (QED) is 0.256. The zero-order valence-corrected chi connectivity index (χ0v) is 23.6. The molecular formula is C24H18BrClF5N9O2. The van der Waals surface area contributed by atoms with Gasteiger partial charge in [0, 0.05) is 16.7 Å². The molecule has 3 heterocycles. The van der Waals surface area contributed by atoms with E-state index in [4.69, 9.17) is 11.6 Å². The first kappa shape index (κ1) is 29.5. The summed E-state index contributed by atoms with van der Waals surface area (Å²) < 4.78 is 67.2. The lowest BCUT2D eigenvalue weighted by Crippen LogP contribution is -2.35. The Morgan fingerprint density at radius 2 is 1.86 bits per heavy atom. The molecule has 1 aromatic carbocycles. The van der Waals surface area contributed by atoms with Gasteiger partial charge in [0.1, 0.15) is 12.2 Å². The lowest BCUT2D eigenvalue weighted by molar-refractivity contribution is -0.292. The van der Waals surface area contributed by atoms with Crippen LogP contribution in [0.15, 0.2) is 41.0 Å². The Labute approximate surface area is 246 Å². The number of benzene rings is 1. The maximum absolute atomic E-state index is 13.7. The number of alkyl halides is 5. The highest BCUT2D eigenvalue weighted by Crippen LogP contribution is 2.42. The largest absolute Gasteiger partial charge is 0.461 e. The van der Waals surface area contributed by atoms with Crippen LogP contribution in [-0.4, -0.2) is 59.0 Å². The monoisotopic (exact) mass is 673 g/mol. The number of carbonyl (C=O) groups is 2. The molecule has 11 nitrogen and oxygen atoms in total. The smallest absolute Gasteiger partial charge is 0.349 e. The SMILES string of the molecule is Cc1cc(Br)cc(C(=O)NC2CC2)c1NC(=O)c1cc(Cn2nnc(C(F)(F)C(F)(F)F)n2)nn1-c1ncccc1Cl. The maximum Gasteiger partial charge on any atom is 0.461 e. The molecule has 42 heavy (non-hydrogen) atoms. The average molecular weight is 675 g/mol. The number of anilines is 1. The van der Waals surface area contributed by atoms with Crippen LogP contribution < -0.4 is 10.6 Å². The molecule has 0 aliphatic heterocycles. The number of hydrogen-bond acceptors (Lipinski definition) is 7. The van der Waals surface area contributed by atoms with Crippen molar-refractivity contribution in [1.82, 2.24) is 40.3 Å². The van der Waals surface area contributed by atoms with Gasteiger partial charge in [-0.3, -0.25) is 9.59 Å². The zero-order chi connectivity index (χ0) is 30.4.